The largest absolute Gasteiger partial charge is 0.338 e. The van der Waals surface area contributed by atoms with Crippen molar-refractivity contribution >= 4 is 49.1 Å². The Morgan fingerprint density at radius 2 is 2.41 bits per heavy atom. The van der Waals surface area contributed by atoms with E-state index in [1.807, 2.05) is 17.9 Å². The highest BCUT2D eigenvalue weighted by atomic mass is 79.9. The fourth-order valence-corrected chi connectivity index (χ4v) is 4.13. The smallest absolute Gasteiger partial charge is 0.263 e. The van der Waals surface area contributed by atoms with Crippen LogP contribution in [0.25, 0.3) is 0 Å². The Hall–Kier alpha value is 0.130. The summed E-state index contributed by atoms with van der Waals surface area (Å²) in [6.45, 7) is 3.81. The molecule has 1 aromatic rings. The molecule has 1 aromatic heterocycles. The van der Waals surface area contributed by atoms with Gasteiger partial charge in [-0.2, -0.15) is 0 Å². The van der Waals surface area contributed by atoms with E-state index in [0.717, 1.165) is 39.1 Å². The topological polar surface area (TPSA) is 20.3 Å². The Kier molecular flexibility index (Phi) is 4.66. The van der Waals surface area contributed by atoms with E-state index in [-0.39, 0.29) is 5.91 Å². The fourth-order valence-electron chi connectivity index (χ4n) is 2.10. The number of rotatable bonds is 2. The predicted octanol–water partition coefficient (Wildman–Crippen LogP) is 4.07. The lowest BCUT2D eigenvalue weighted by Gasteiger charge is -2.31. The monoisotopic (exact) mass is 379 g/mol. The van der Waals surface area contributed by atoms with E-state index in [1.165, 1.54) is 17.8 Å². The number of amides is 1. The van der Waals surface area contributed by atoms with Crippen LogP contribution in [0.15, 0.2) is 9.85 Å². The van der Waals surface area contributed by atoms with Gasteiger partial charge < -0.3 is 4.90 Å². The summed E-state index contributed by atoms with van der Waals surface area (Å²) in [5.74, 6) is 0.798. The second-order valence-corrected chi connectivity index (χ2v) is 7.50. The highest BCUT2D eigenvalue weighted by Crippen LogP contribution is 2.29. The van der Waals surface area contributed by atoms with Gasteiger partial charge in [-0.3, -0.25) is 4.79 Å². The van der Waals surface area contributed by atoms with Gasteiger partial charge in [0.15, 0.2) is 0 Å². The van der Waals surface area contributed by atoms with E-state index < -0.39 is 0 Å². The molecule has 2 heterocycles. The van der Waals surface area contributed by atoms with Crippen LogP contribution in [0.5, 0.6) is 0 Å². The van der Waals surface area contributed by atoms with Crippen LogP contribution in [-0.4, -0.2) is 29.2 Å². The molecule has 1 aliphatic heterocycles. The summed E-state index contributed by atoms with van der Waals surface area (Å²) in [6.07, 6.45) is 2.34. The molecule has 1 saturated heterocycles. The first kappa shape index (κ1) is 13.6. The van der Waals surface area contributed by atoms with Gasteiger partial charge in [0.1, 0.15) is 0 Å². The average molecular weight is 381 g/mol. The lowest BCUT2D eigenvalue weighted by atomic mass is 10.0. The van der Waals surface area contributed by atoms with Crippen LogP contribution < -0.4 is 0 Å². The van der Waals surface area contributed by atoms with Crippen molar-refractivity contribution in [3.8, 4) is 0 Å². The molecule has 0 bridgehead atoms. The molecule has 17 heavy (non-hydrogen) atoms. The third-order valence-corrected chi connectivity index (χ3v) is 6.13. The van der Waals surface area contributed by atoms with Gasteiger partial charge >= 0.3 is 0 Å². The lowest BCUT2D eigenvalue weighted by molar-refractivity contribution is 0.0691. The van der Waals surface area contributed by atoms with Crippen molar-refractivity contribution in [3.63, 3.8) is 0 Å². The van der Waals surface area contributed by atoms with Crippen molar-refractivity contribution in [2.24, 2.45) is 5.92 Å². The van der Waals surface area contributed by atoms with E-state index >= 15 is 0 Å². The van der Waals surface area contributed by atoms with E-state index in [4.69, 9.17) is 0 Å². The SMILES string of the molecule is Cc1cc(C(=O)N2CCCC(CBr)C2)sc1Br. The van der Waals surface area contributed by atoms with Gasteiger partial charge in [-0.05, 0) is 53.2 Å². The summed E-state index contributed by atoms with van der Waals surface area (Å²) in [6, 6.07) is 1.98. The van der Waals surface area contributed by atoms with Crippen LogP contribution in [0, 0.1) is 12.8 Å². The van der Waals surface area contributed by atoms with E-state index in [9.17, 15) is 4.79 Å². The average Bonchev–Trinajstić information content (AvgIpc) is 2.69. The summed E-state index contributed by atoms with van der Waals surface area (Å²) >= 11 is 8.53. The Labute approximate surface area is 123 Å². The Balaban J connectivity index is 2.09. The van der Waals surface area contributed by atoms with Crippen LogP contribution >= 0.6 is 43.2 Å². The van der Waals surface area contributed by atoms with Crippen molar-refractivity contribution in [1.82, 2.24) is 4.90 Å². The van der Waals surface area contributed by atoms with E-state index in [1.54, 1.807) is 0 Å². The first-order valence-electron chi connectivity index (χ1n) is 5.73. The van der Waals surface area contributed by atoms with Crippen LogP contribution in [0.1, 0.15) is 28.1 Å². The number of hydrogen-bond acceptors (Lipinski definition) is 2. The second-order valence-electron chi connectivity index (χ2n) is 4.48. The van der Waals surface area contributed by atoms with Gasteiger partial charge in [0.05, 0.1) is 8.66 Å². The van der Waals surface area contributed by atoms with Crippen molar-refractivity contribution in [1.29, 1.82) is 0 Å². The van der Waals surface area contributed by atoms with Crippen molar-refractivity contribution in [2.45, 2.75) is 19.8 Å². The number of carbonyl (C=O) groups is 1. The van der Waals surface area contributed by atoms with Gasteiger partial charge in [0.25, 0.3) is 5.91 Å². The van der Waals surface area contributed by atoms with Gasteiger partial charge in [-0.25, -0.2) is 0 Å². The maximum Gasteiger partial charge on any atom is 0.263 e. The number of halogens is 2. The highest BCUT2D eigenvalue weighted by Gasteiger charge is 2.25. The van der Waals surface area contributed by atoms with Gasteiger partial charge in [0, 0.05) is 18.4 Å². The fraction of sp³-hybridized carbons (Fsp3) is 0.583. The molecule has 2 rings (SSSR count). The van der Waals surface area contributed by atoms with Crippen LogP contribution in [-0.2, 0) is 0 Å². The number of nitrogens with zero attached hydrogens (tertiary/aromatic N) is 1. The molecule has 0 N–H and O–H groups in total. The number of likely N-dealkylation sites (tertiary alicyclic amines) is 1. The van der Waals surface area contributed by atoms with Gasteiger partial charge in [-0.1, -0.05) is 15.9 Å². The number of thiophene rings is 1. The minimum absolute atomic E-state index is 0.189. The Bertz CT molecular complexity index is 399. The van der Waals surface area contributed by atoms with Gasteiger partial charge in [0.2, 0.25) is 0 Å². The normalized spacial score (nSPS) is 20.6. The molecule has 0 spiro atoms. The summed E-state index contributed by atoms with van der Waals surface area (Å²) in [4.78, 5) is 15.2. The molecular formula is C12H15Br2NOS. The quantitative estimate of drug-likeness (QED) is 0.708. The molecule has 0 radical (unpaired) electrons. The number of hydrogen-bond donors (Lipinski definition) is 0. The minimum atomic E-state index is 0.189. The summed E-state index contributed by atoms with van der Waals surface area (Å²) in [5, 5.41) is 0.990. The predicted molar refractivity (Wildman–Crippen MR) is 79.2 cm³/mol. The zero-order valence-electron chi connectivity index (χ0n) is 9.71. The molecule has 5 heteroatoms. The van der Waals surface area contributed by atoms with Crippen molar-refractivity contribution in [3.05, 3.63) is 20.3 Å². The highest BCUT2D eigenvalue weighted by molar-refractivity contribution is 9.11. The number of alkyl halides is 1. The minimum Gasteiger partial charge on any atom is -0.338 e. The molecule has 0 aromatic carbocycles. The zero-order valence-corrected chi connectivity index (χ0v) is 13.7. The molecule has 0 aliphatic carbocycles. The number of carbonyl (C=O) groups excluding carboxylic acids is 1. The molecule has 1 amide bonds. The standard InChI is InChI=1S/C12H15Br2NOS/c1-8-5-10(17-11(8)14)12(16)15-4-2-3-9(6-13)7-15/h5,9H,2-4,6-7H2,1H3. The van der Waals surface area contributed by atoms with Crippen LogP contribution in [0.3, 0.4) is 0 Å². The van der Waals surface area contributed by atoms with Crippen molar-refractivity contribution in [2.75, 3.05) is 18.4 Å². The summed E-state index contributed by atoms with van der Waals surface area (Å²) < 4.78 is 1.06. The molecular weight excluding hydrogens is 366 g/mol. The molecule has 1 aliphatic rings. The summed E-state index contributed by atoms with van der Waals surface area (Å²) in [7, 11) is 0. The molecule has 94 valence electrons. The first-order valence-corrected chi connectivity index (χ1v) is 8.46. The van der Waals surface area contributed by atoms with E-state index in [0.29, 0.717) is 5.92 Å². The first-order chi connectivity index (χ1) is 8.11. The second kappa shape index (κ2) is 5.85. The maximum absolute atomic E-state index is 12.3. The molecule has 2 nitrogen and oxygen atoms in total. The lowest BCUT2D eigenvalue weighted by Crippen LogP contribution is -2.40. The number of aryl methyl sites for hydroxylation is 1. The molecule has 1 fully saturated rings. The number of piperidine rings is 1. The Morgan fingerprint density at radius 3 is 3.00 bits per heavy atom. The molecule has 1 unspecified atom stereocenters. The third kappa shape index (κ3) is 3.12. The third-order valence-electron chi connectivity index (χ3n) is 3.09. The maximum atomic E-state index is 12.3. The summed E-state index contributed by atoms with van der Waals surface area (Å²) in [5.41, 5.74) is 1.15. The zero-order chi connectivity index (χ0) is 12.4. The molecule has 0 saturated carbocycles. The molecule has 1 atom stereocenters. The van der Waals surface area contributed by atoms with Crippen LogP contribution in [0.4, 0.5) is 0 Å². The Morgan fingerprint density at radius 1 is 1.65 bits per heavy atom. The van der Waals surface area contributed by atoms with Crippen LogP contribution in [0.2, 0.25) is 0 Å². The van der Waals surface area contributed by atoms with Crippen molar-refractivity contribution < 1.29 is 4.79 Å². The van der Waals surface area contributed by atoms with E-state index in [2.05, 4.69) is 31.9 Å². The van der Waals surface area contributed by atoms with Gasteiger partial charge in [-0.15, -0.1) is 11.3 Å².